The van der Waals surface area contributed by atoms with Crippen molar-refractivity contribution in [3.63, 3.8) is 0 Å². The van der Waals surface area contributed by atoms with Gasteiger partial charge in [-0.2, -0.15) is 0 Å². The molecule has 0 spiro atoms. The van der Waals surface area contributed by atoms with E-state index in [1.165, 1.54) is 40.8 Å². The lowest BCUT2D eigenvalue weighted by Crippen LogP contribution is -2.35. The molecule has 1 aromatic rings. The van der Waals surface area contributed by atoms with E-state index in [1.54, 1.807) is 0 Å². The van der Waals surface area contributed by atoms with Crippen molar-refractivity contribution in [3.8, 4) is 0 Å². The minimum absolute atomic E-state index is 0.693. The number of nitrogens with one attached hydrogen (secondary N) is 1. The van der Waals surface area contributed by atoms with Gasteiger partial charge in [0.15, 0.2) is 0 Å². The maximum absolute atomic E-state index is 3.70. The SMILES string of the molecule is CC(NCCc1ccc(Br)s1)C1CCCCC1. The largest absolute Gasteiger partial charge is 0.314 e. The summed E-state index contributed by atoms with van der Waals surface area (Å²) in [6.45, 7) is 3.48. The molecule has 1 atom stereocenters. The first-order valence-corrected chi connectivity index (χ1v) is 8.34. The molecule has 1 aromatic heterocycles. The van der Waals surface area contributed by atoms with Crippen molar-refractivity contribution in [1.29, 1.82) is 0 Å². The molecule has 96 valence electrons. The normalized spacial score (nSPS) is 19.4. The van der Waals surface area contributed by atoms with Crippen LogP contribution in [0.1, 0.15) is 43.9 Å². The van der Waals surface area contributed by atoms with E-state index >= 15 is 0 Å². The highest BCUT2D eigenvalue weighted by atomic mass is 79.9. The Hall–Kier alpha value is 0.140. The highest BCUT2D eigenvalue weighted by molar-refractivity contribution is 9.11. The van der Waals surface area contributed by atoms with Gasteiger partial charge in [0.1, 0.15) is 0 Å². The van der Waals surface area contributed by atoms with Crippen molar-refractivity contribution in [1.82, 2.24) is 5.32 Å². The molecule has 1 aliphatic rings. The first-order valence-electron chi connectivity index (χ1n) is 6.73. The number of thiophene rings is 1. The van der Waals surface area contributed by atoms with Crippen molar-refractivity contribution < 1.29 is 0 Å². The maximum atomic E-state index is 3.70. The predicted molar refractivity (Wildman–Crippen MR) is 79.8 cm³/mol. The average molecular weight is 316 g/mol. The Bertz CT molecular complexity index is 331. The minimum atomic E-state index is 0.693. The minimum Gasteiger partial charge on any atom is -0.314 e. The molecule has 1 unspecified atom stereocenters. The molecule has 1 heterocycles. The second-order valence-electron chi connectivity index (χ2n) is 5.10. The maximum Gasteiger partial charge on any atom is 0.0701 e. The summed E-state index contributed by atoms with van der Waals surface area (Å²) in [4.78, 5) is 1.47. The zero-order valence-electron chi connectivity index (χ0n) is 10.5. The first-order chi connectivity index (χ1) is 8.25. The van der Waals surface area contributed by atoms with Crippen LogP contribution in [0.4, 0.5) is 0 Å². The van der Waals surface area contributed by atoms with Gasteiger partial charge in [-0.05, 0) is 60.2 Å². The van der Waals surface area contributed by atoms with Gasteiger partial charge < -0.3 is 5.32 Å². The summed E-state index contributed by atoms with van der Waals surface area (Å²) >= 11 is 5.37. The molecule has 0 radical (unpaired) electrons. The molecule has 17 heavy (non-hydrogen) atoms. The van der Waals surface area contributed by atoms with Crippen LogP contribution in [0.3, 0.4) is 0 Å². The van der Waals surface area contributed by atoms with Gasteiger partial charge in [0.2, 0.25) is 0 Å². The molecular formula is C14H22BrNS. The fourth-order valence-electron chi connectivity index (χ4n) is 2.71. The first kappa shape index (κ1) is 13.6. The molecule has 1 aliphatic carbocycles. The van der Waals surface area contributed by atoms with Gasteiger partial charge in [0.05, 0.1) is 3.79 Å². The highest BCUT2D eigenvalue weighted by Gasteiger charge is 2.19. The fourth-order valence-corrected chi connectivity index (χ4v) is 4.19. The van der Waals surface area contributed by atoms with Gasteiger partial charge in [-0.1, -0.05) is 19.3 Å². The van der Waals surface area contributed by atoms with E-state index in [2.05, 4.69) is 40.3 Å². The van der Waals surface area contributed by atoms with Gasteiger partial charge >= 0.3 is 0 Å². The van der Waals surface area contributed by atoms with Crippen molar-refractivity contribution >= 4 is 27.3 Å². The molecule has 1 N–H and O–H groups in total. The van der Waals surface area contributed by atoms with Crippen molar-refractivity contribution in [2.75, 3.05) is 6.54 Å². The van der Waals surface area contributed by atoms with Crippen molar-refractivity contribution in [2.45, 2.75) is 51.5 Å². The number of hydrogen-bond donors (Lipinski definition) is 1. The van der Waals surface area contributed by atoms with Gasteiger partial charge in [0, 0.05) is 17.5 Å². The second-order valence-corrected chi connectivity index (χ2v) is 7.64. The molecule has 1 nitrogen and oxygen atoms in total. The summed E-state index contributed by atoms with van der Waals surface area (Å²) in [6.07, 6.45) is 8.35. The van der Waals surface area contributed by atoms with E-state index in [0.29, 0.717) is 6.04 Å². The summed E-state index contributed by atoms with van der Waals surface area (Å²) in [5, 5.41) is 3.70. The van der Waals surface area contributed by atoms with Crippen LogP contribution in [0.15, 0.2) is 15.9 Å². The summed E-state index contributed by atoms with van der Waals surface area (Å²) in [6, 6.07) is 5.06. The average Bonchev–Trinajstić information content (AvgIpc) is 2.76. The van der Waals surface area contributed by atoms with Crippen LogP contribution >= 0.6 is 27.3 Å². The van der Waals surface area contributed by atoms with E-state index in [1.807, 2.05) is 11.3 Å². The Kier molecular flexibility index (Phi) is 5.51. The standard InChI is InChI=1S/C14H22BrNS/c1-11(12-5-3-2-4-6-12)16-10-9-13-7-8-14(15)17-13/h7-8,11-12,16H,2-6,9-10H2,1H3. The zero-order valence-corrected chi connectivity index (χ0v) is 12.9. The van der Waals surface area contributed by atoms with Gasteiger partial charge in [-0.15, -0.1) is 11.3 Å². The van der Waals surface area contributed by atoms with Gasteiger partial charge in [0.25, 0.3) is 0 Å². The van der Waals surface area contributed by atoms with Crippen LogP contribution in [0, 0.1) is 5.92 Å². The molecule has 1 saturated carbocycles. The lowest BCUT2D eigenvalue weighted by atomic mass is 9.84. The van der Waals surface area contributed by atoms with E-state index in [0.717, 1.165) is 18.9 Å². The third-order valence-corrected chi connectivity index (χ3v) is 5.51. The third-order valence-electron chi connectivity index (χ3n) is 3.82. The Morgan fingerprint density at radius 1 is 1.35 bits per heavy atom. The Morgan fingerprint density at radius 2 is 2.12 bits per heavy atom. The molecule has 1 fully saturated rings. The summed E-state index contributed by atoms with van der Waals surface area (Å²) in [5.74, 6) is 0.916. The molecule has 0 aromatic carbocycles. The molecule has 0 aliphatic heterocycles. The fraction of sp³-hybridized carbons (Fsp3) is 0.714. The van der Waals surface area contributed by atoms with Crippen LogP contribution in [0.25, 0.3) is 0 Å². The third kappa shape index (κ3) is 4.38. The van der Waals surface area contributed by atoms with Gasteiger partial charge in [-0.25, -0.2) is 0 Å². The number of rotatable bonds is 5. The molecule has 0 amide bonds. The smallest absolute Gasteiger partial charge is 0.0701 e. The zero-order chi connectivity index (χ0) is 12.1. The van der Waals surface area contributed by atoms with Crippen LogP contribution < -0.4 is 5.32 Å². The van der Waals surface area contributed by atoms with Crippen LogP contribution in [0.5, 0.6) is 0 Å². The van der Waals surface area contributed by atoms with Crippen LogP contribution in [-0.4, -0.2) is 12.6 Å². The summed E-state index contributed by atoms with van der Waals surface area (Å²) < 4.78 is 1.24. The van der Waals surface area contributed by atoms with Crippen molar-refractivity contribution in [2.24, 2.45) is 5.92 Å². The van der Waals surface area contributed by atoms with Crippen LogP contribution in [-0.2, 0) is 6.42 Å². The lowest BCUT2D eigenvalue weighted by molar-refractivity contribution is 0.283. The van der Waals surface area contributed by atoms with E-state index in [-0.39, 0.29) is 0 Å². The molecular weight excluding hydrogens is 294 g/mol. The summed E-state index contributed by atoms with van der Waals surface area (Å²) in [5.41, 5.74) is 0. The topological polar surface area (TPSA) is 12.0 Å². The van der Waals surface area contributed by atoms with E-state index in [4.69, 9.17) is 0 Å². The lowest BCUT2D eigenvalue weighted by Gasteiger charge is -2.28. The molecule has 0 bridgehead atoms. The Morgan fingerprint density at radius 3 is 2.76 bits per heavy atom. The van der Waals surface area contributed by atoms with E-state index in [9.17, 15) is 0 Å². The number of hydrogen-bond acceptors (Lipinski definition) is 2. The Labute approximate surface area is 117 Å². The second kappa shape index (κ2) is 6.91. The highest BCUT2D eigenvalue weighted by Crippen LogP contribution is 2.26. The van der Waals surface area contributed by atoms with E-state index < -0.39 is 0 Å². The quantitative estimate of drug-likeness (QED) is 0.836. The molecule has 3 heteroatoms. The molecule has 2 rings (SSSR count). The number of halogens is 1. The Balaban J connectivity index is 1.67. The van der Waals surface area contributed by atoms with Crippen LogP contribution in [0.2, 0.25) is 0 Å². The predicted octanol–water partition coefficient (Wildman–Crippen LogP) is 4.61. The van der Waals surface area contributed by atoms with Crippen molar-refractivity contribution in [3.05, 3.63) is 20.8 Å². The monoisotopic (exact) mass is 315 g/mol. The molecule has 0 saturated heterocycles. The summed E-state index contributed by atoms with van der Waals surface area (Å²) in [7, 11) is 0. The van der Waals surface area contributed by atoms with Gasteiger partial charge in [-0.3, -0.25) is 0 Å².